The number of carbonyl (C=O) groups excluding carboxylic acids is 3. The quantitative estimate of drug-likeness (QED) is 0.0253. The Hall–Kier alpha value is -2.15. The van der Waals surface area contributed by atoms with Crippen molar-refractivity contribution in [3.05, 3.63) is 0 Å². The Bertz CT molecular complexity index is 1070. The first-order valence-electron chi connectivity index (χ1n) is 20.3. The van der Waals surface area contributed by atoms with Crippen LogP contribution in [0.1, 0.15) is 25.7 Å². The standard InChI is InChI=1S/C37H73N3O21/c38-4-6-55-8-10-57-12-14-59-16-18-61-20-19-60-17-15-58-13-11-56-9-7-54-5-3-27(43)21-26(37(53)40-23-29(45)34(50)36(52)31(47)25-42)1-2-32(48)39-22-28(44)33(49)35(51)30(46)24-41/h26,28-31,33-36,41-42,44-47,49-52H,1-25,38H2,(H,39,48)(H,40,53)/t26-,28+,29+,30-,31-,33-,34-,35-,36-/m1/s1. The number of rotatable bonds is 44. The largest absolute Gasteiger partial charge is 0.394 e. The van der Waals surface area contributed by atoms with Crippen molar-refractivity contribution in [3.8, 4) is 0 Å². The predicted octanol–water partition coefficient (Wildman–Crippen LogP) is -7.07. The SMILES string of the molecule is NCCOCCOCCOCCOCCOCCOCCOCCOCCC(=O)C[C@@H](CCC(=O)NC[C@H](O)[C@@H](O)[C@H](O)[C@H](O)CO)C(=O)NC[C@H](O)[C@@H](O)[C@H](O)[C@H](O)CO. The first-order chi connectivity index (χ1) is 29.3. The first kappa shape index (κ1) is 58.9. The number of aliphatic hydroxyl groups excluding tert-OH is 10. The number of nitrogens with one attached hydrogen (secondary N) is 2. The zero-order chi connectivity index (χ0) is 45.7. The van der Waals surface area contributed by atoms with Crippen LogP contribution in [-0.2, 0) is 52.3 Å². The van der Waals surface area contributed by atoms with Crippen molar-refractivity contribution in [1.82, 2.24) is 10.6 Å². The molecule has 9 atom stereocenters. The Morgan fingerprint density at radius 3 is 1.13 bits per heavy atom. The lowest BCUT2D eigenvalue weighted by Gasteiger charge is -2.26. The molecule has 14 N–H and O–H groups in total. The van der Waals surface area contributed by atoms with Gasteiger partial charge in [0.2, 0.25) is 11.8 Å². The lowest BCUT2D eigenvalue weighted by molar-refractivity contribution is -0.133. The van der Waals surface area contributed by atoms with E-state index >= 15 is 0 Å². The number of Topliss-reactive ketones (excluding diaryl/α,β-unsaturated/α-hetero) is 1. The highest BCUT2D eigenvalue weighted by molar-refractivity contribution is 5.87. The molecule has 0 saturated heterocycles. The average molecular weight is 896 g/mol. The second-order valence-electron chi connectivity index (χ2n) is 13.6. The molecule has 0 radical (unpaired) electrons. The van der Waals surface area contributed by atoms with Gasteiger partial charge in [0.15, 0.2) is 0 Å². The van der Waals surface area contributed by atoms with Gasteiger partial charge in [0.1, 0.15) is 42.4 Å². The molecule has 0 aliphatic heterocycles. The summed E-state index contributed by atoms with van der Waals surface area (Å²) in [6.45, 7) is 3.38. The molecule has 0 bridgehead atoms. The number of nitrogens with two attached hydrogens (primary N) is 1. The van der Waals surface area contributed by atoms with Gasteiger partial charge in [0.25, 0.3) is 0 Å². The summed E-state index contributed by atoms with van der Waals surface area (Å²) >= 11 is 0. The minimum absolute atomic E-state index is 0.00393. The third-order valence-electron chi connectivity index (χ3n) is 8.60. The van der Waals surface area contributed by atoms with Crippen molar-refractivity contribution < 1.29 is 103 Å². The predicted molar refractivity (Wildman–Crippen MR) is 211 cm³/mol. The number of aliphatic hydroxyl groups is 10. The fourth-order valence-corrected chi connectivity index (χ4v) is 4.94. The summed E-state index contributed by atoms with van der Waals surface area (Å²) in [5, 5.41) is 101. The Morgan fingerprint density at radius 1 is 0.443 bits per heavy atom. The number of carbonyl (C=O) groups is 3. The van der Waals surface area contributed by atoms with Crippen molar-refractivity contribution in [3.63, 3.8) is 0 Å². The Labute approximate surface area is 356 Å². The summed E-state index contributed by atoms with van der Waals surface area (Å²) in [5.74, 6) is -3.05. The normalized spacial score (nSPS) is 16.2. The lowest BCUT2D eigenvalue weighted by atomic mass is 9.94. The number of hydrogen-bond donors (Lipinski definition) is 13. The molecule has 24 nitrogen and oxygen atoms in total. The van der Waals surface area contributed by atoms with Crippen molar-refractivity contribution in [2.45, 2.75) is 74.5 Å². The van der Waals surface area contributed by atoms with Crippen LogP contribution in [0.5, 0.6) is 0 Å². The van der Waals surface area contributed by atoms with Crippen LogP contribution in [0.4, 0.5) is 0 Å². The van der Waals surface area contributed by atoms with Gasteiger partial charge < -0.3 is 105 Å². The van der Waals surface area contributed by atoms with Gasteiger partial charge in [-0.05, 0) is 6.42 Å². The second-order valence-corrected chi connectivity index (χ2v) is 13.6. The smallest absolute Gasteiger partial charge is 0.223 e. The molecular weight excluding hydrogens is 822 g/mol. The first-order valence-corrected chi connectivity index (χ1v) is 20.3. The van der Waals surface area contributed by atoms with E-state index in [9.17, 15) is 55.2 Å². The fraction of sp³-hybridized carbons (Fsp3) is 0.919. The molecule has 61 heavy (non-hydrogen) atoms. The minimum atomic E-state index is -1.95. The van der Waals surface area contributed by atoms with E-state index in [0.29, 0.717) is 92.4 Å². The molecule has 0 spiro atoms. The number of ketones is 1. The van der Waals surface area contributed by atoms with E-state index in [1.807, 2.05) is 0 Å². The molecule has 0 fully saturated rings. The third kappa shape index (κ3) is 31.4. The van der Waals surface area contributed by atoms with Crippen molar-refractivity contribution in [1.29, 1.82) is 0 Å². The highest BCUT2D eigenvalue weighted by atomic mass is 16.6. The molecule has 24 heteroatoms. The van der Waals surface area contributed by atoms with Crippen LogP contribution in [0.3, 0.4) is 0 Å². The number of amides is 2. The van der Waals surface area contributed by atoms with Gasteiger partial charge in [-0.3, -0.25) is 14.4 Å². The zero-order valence-electron chi connectivity index (χ0n) is 34.9. The zero-order valence-corrected chi connectivity index (χ0v) is 34.9. The number of hydrogen-bond acceptors (Lipinski definition) is 22. The Kier molecular flexibility index (Phi) is 38.1. The van der Waals surface area contributed by atoms with Crippen molar-refractivity contribution in [2.24, 2.45) is 11.7 Å². The van der Waals surface area contributed by atoms with E-state index in [1.165, 1.54) is 0 Å². The van der Waals surface area contributed by atoms with Gasteiger partial charge >= 0.3 is 0 Å². The molecule has 0 saturated carbocycles. The topological polar surface area (TPSA) is 377 Å². The van der Waals surface area contributed by atoms with Crippen LogP contribution in [0.15, 0.2) is 0 Å². The van der Waals surface area contributed by atoms with Crippen LogP contribution in [0, 0.1) is 5.92 Å². The monoisotopic (exact) mass is 895 g/mol. The fourth-order valence-electron chi connectivity index (χ4n) is 4.94. The van der Waals surface area contributed by atoms with Gasteiger partial charge in [-0.1, -0.05) is 0 Å². The molecule has 0 aromatic rings. The van der Waals surface area contributed by atoms with E-state index in [1.54, 1.807) is 0 Å². The van der Waals surface area contributed by atoms with Gasteiger partial charge in [0, 0.05) is 44.8 Å². The van der Waals surface area contributed by atoms with E-state index in [2.05, 4.69) is 10.6 Å². The molecule has 0 aromatic heterocycles. The van der Waals surface area contributed by atoms with Gasteiger partial charge in [-0.25, -0.2) is 0 Å². The highest BCUT2D eigenvalue weighted by Gasteiger charge is 2.32. The minimum Gasteiger partial charge on any atom is -0.394 e. The van der Waals surface area contributed by atoms with E-state index in [4.69, 9.17) is 53.8 Å². The maximum atomic E-state index is 13.0. The molecular formula is C37H73N3O21. The van der Waals surface area contributed by atoms with Crippen LogP contribution in [0.25, 0.3) is 0 Å². The molecule has 0 aromatic carbocycles. The van der Waals surface area contributed by atoms with Crippen molar-refractivity contribution >= 4 is 17.6 Å². The van der Waals surface area contributed by atoms with Gasteiger partial charge in [0.05, 0.1) is 131 Å². The molecule has 2 amide bonds. The second kappa shape index (κ2) is 39.4. The van der Waals surface area contributed by atoms with E-state index < -0.39 is 98.7 Å². The summed E-state index contributed by atoms with van der Waals surface area (Å²) in [7, 11) is 0. The Balaban J connectivity index is 4.38. The molecule has 0 aliphatic carbocycles. The summed E-state index contributed by atoms with van der Waals surface area (Å²) in [6.07, 6.45) is -15.8. The molecule has 0 rings (SSSR count). The maximum absolute atomic E-state index is 13.0. The summed E-state index contributed by atoms with van der Waals surface area (Å²) in [4.78, 5) is 38.3. The molecule has 0 heterocycles. The summed E-state index contributed by atoms with van der Waals surface area (Å²) in [5.41, 5.74) is 5.33. The Morgan fingerprint density at radius 2 is 0.770 bits per heavy atom. The third-order valence-corrected chi connectivity index (χ3v) is 8.60. The molecule has 362 valence electrons. The highest BCUT2D eigenvalue weighted by Crippen LogP contribution is 2.15. The van der Waals surface area contributed by atoms with E-state index in [-0.39, 0.29) is 45.5 Å². The summed E-state index contributed by atoms with van der Waals surface area (Å²) < 4.78 is 43.1. The van der Waals surface area contributed by atoms with Crippen LogP contribution in [0.2, 0.25) is 0 Å². The summed E-state index contributed by atoms with van der Waals surface area (Å²) in [6, 6.07) is 0. The molecule has 0 unspecified atom stereocenters. The van der Waals surface area contributed by atoms with Gasteiger partial charge in [-0.15, -0.1) is 0 Å². The van der Waals surface area contributed by atoms with Crippen LogP contribution >= 0.6 is 0 Å². The van der Waals surface area contributed by atoms with Crippen LogP contribution in [-0.4, -0.2) is 256 Å². The lowest BCUT2D eigenvalue weighted by Crippen LogP contribution is -2.50. The average Bonchev–Trinajstić information content (AvgIpc) is 3.26. The maximum Gasteiger partial charge on any atom is 0.223 e. The van der Waals surface area contributed by atoms with Crippen LogP contribution < -0.4 is 16.4 Å². The van der Waals surface area contributed by atoms with E-state index in [0.717, 1.165) is 0 Å². The van der Waals surface area contributed by atoms with Gasteiger partial charge in [-0.2, -0.15) is 0 Å². The van der Waals surface area contributed by atoms with Crippen molar-refractivity contribution in [2.75, 3.05) is 139 Å². The molecule has 0 aliphatic rings. The number of ether oxygens (including phenoxy) is 8.